The highest BCUT2D eigenvalue weighted by Gasteiger charge is 2.28. The van der Waals surface area contributed by atoms with Crippen LogP contribution in [0.2, 0.25) is 0 Å². The molecular weight excluding hydrogens is 272 g/mol. The largest absolute Gasteiger partial charge is 0.481 e. The Morgan fingerprint density at radius 3 is 2.71 bits per heavy atom. The van der Waals surface area contributed by atoms with Crippen molar-refractivity contribution < 1.29 is 14.7 Å². The number of aliphatic carboxylic acids is 1. The van der Waals surface area contributed by atoms with Gasteiger partial charge in [0.1, 0.15) is 0 Å². The molecule has 0 radical (unpaired) electrons. The molecule has 1 aliphatic heterocycles. The van der Waals surface area contributed by atoms with Crippen molar-refractivity contribution >= 4 is 12.0 Å². The van der Waals surface area contributed by atoms with Gasteiger partial charge in [-0.25, -0.2) is 4.79 Å². The summed E-state index contributed by atoms with van der Waals surface area (Å²) < 4.78 is 1.79. The molecule has 7 nitrogen and oxygen atoms in total. The second-order valence-corrected chi connectivity index (χ2v) is 5.56. The van der Waals surface area contributed by atoms with Gasteiger partial charge in [-0.05, 0) is 26.7 Å². The molecule has 2 rings (SSSR count). The first-order valence-electron chi connectivity index (χ1n) is 7.14. The number of hydrogen-bond acceptors (Lipinski definition) is 3. The summed E-state index contributed by atoms with van der Waals surface area (Å²) in [5.41, 5.74) is 2.94. The molecule has 1 saturated heterocycles. The Morgan fingerprint density at radius 2 is 2.14 bits per heavy atom. The maximum Gasteiger partial charge on any atom is 0.317 e. The van der Waals surface area contributed by atoms with Crippen molar-refractivity contribution in [2.24, 2.45) is 13.0 Å². The fourth-order valence-electron chi connectivity index (χ4n) is 2.71. The molecular formula is C14H22N4O3. The number of rotatable bonds is 3. The summed E-state index contributed by atoms with van der Waals surface area (Å²) in [6.07, 6.45) is 1.37. The molecule has 1 aliphatic rings. The maximum absolute atomic E-state index is 12.2. The summed E-state index contributed by atoms with van der Waals surface area (Å²) >= 11 is 0. The molecule has 0 aliphatic carbocycles. The van der Waals surface area contributed by atoms with E-state index in [-0.39, 0.29) is 12.6 Å². The van der Waals surface area contributed by atoms with Gasteiger partial charge >= 0.3 is 12.0 Å². The zero-order valence-electron chi connectivity index (χ0n) is 12.7. The predicted molar refractivity (Wildman–Crippen MR) is 76.9 cm³/mol. The van der Waals surface area contributed by atoms with Crippen molar-refractivity contribution in [1.29, 1.82) is 0 Å². The normalized spacial score (nSPS) is 18.6. The number of urea groups is 1. The average molecular weight is 294 g/mol. The van der Waals surface area contributed by atoms with Crippen molar-refractivity contribution in [3.63, 3.8) is 0 Å². The predicted octanol–water partition coefficient (Wildman–Crippen LogP) is 1.04. The molecule has 0 aromatic carbocycles. The van der Waals surface area contributed by atoms with Crippen LogP contribution >= 0.6 is 0 Å². The molecule has 0 bridgehead atoms. The fourth-order valence-corrected chi connectivity index (χ4v) is 2.71. The fraction of sp³-hybridized carbons (Fsp3) is 0.643. The number of carboxylic acid groups (broad SMARTS) is 1. The van der Waals surface area contributed by atoms with Gasteiger partial charge in [0.25, 0.3) is 0 Å². The summed E-state index contributed by atoms with van der Waals surface area (Å²) in [4.78, 5) is 24.8. The van der Waals surface area contributed by atoms with E-state index in [1.807, 2.05) is 20.9 Å². The van der Waals surface area contributed by atoms with Crippen molar-refractivity contribution in [3.05, 3.63) is 17.0 Å². The first kappa shape index (κ1) is 15.3. The third-order valence-corrected chi connectivity index (χ3v) is 4.13. The highest BCUT2D eigenvalue weighted by Crippen LogP contribution is 2.17. The van der Waals surface area contributed by atoms with Crippen molar-refractivity contribution in [3.8, 4) is 0 Å². The molecule has 0 unspecified atom stereocenters. The van der Waals surface area contributed by atoms with Gasteiger partial charge in [0.15, 0.2) is 0 Å². The van der Waals surface area contributed by atoms with Gasteiger partial charge in [-0.15, -0.1) is 0 Å². The molecule has 2 heterocycles. The van der Waals surface area contributed by atoms with Gasteiger partial charge in [-0.3, -0.25) is 9.48 Å². The Morgan fingerprint density at radius 1 is 1.43 bits per heavy atom. The van der Waals surface area contributed by atoms with Gasteiger partial charge < -0.3 is 15.3 Å². The van der Waals surface area contributed by atoms with E-state index in [0.717, 1.165) is 23.4 Å². The minimum Gasteiger partial charge on any atom is -0.481 e. The van der Waals surface area contributed by atoms with Crippen LogP contribution < -0.4 is 5.32 Å². The van der Waals surface area contributed by atoms with Gasteiger partial charge in [-0.2, -0.15) is 5.10 Å². The summed E-state index contributed by atoms with van der Waals surface area (Å²) in [7, 11) is 1.87. The molecule has 21 heavy (non-hydrogen) atoms. The van der Waals surface area contributed by atoms with Crippen molar-refractivity contribution in [2.45, 2.75) is 33.2 Å². The first-order valence-corrected chi connectivity index (χ1v) is 7.14. The molecule has 2 N–H and O–H groups in total. The molecule has 1 fully saturated rings. The van der Waals surface area contributed by atoms with Crippen LogP contribution in [0.5, 0.6) is 0 Å². The van der Waals surface area contributed by atoms with E-state index in [4.69, 9.17) is 5.11 Å². The lowest BCUT2D eigenvalue weighted by molar-refractivity contribution is -0.143. The monoisotopic (exact) mass is 294 g/mol. The van der Waals surface area contributed by atoms with Gasteiger partial charge in [0, 0.05) is 37.9 Å². The second-order valence-electron chi connectivity index (χ2n) is 5.56. The summed E-state index contributed by atoms with van der Waals surface area (Å²) in [6, 6.07) is -0.205. The number of aromatic nitrogens is 2. The Bertz CT molecular complexity index is 553. The SMILES string of the molecule is Cc1nn(C)c(C)c1CNC(=O)N1CCC[C@H](C(=O)O)C1. The summed E-state index contributed by atoms with van der Waals surface area (Å²) in [6.45, 7) is 5.18. The highest BCUT2D eigenvalue weighted by molar-refractivity contribution is 5.76. The Kier molecular flexibility index (Phi) is 4.50. The van der Waals surface area contributed by atoms with E-state index in [1.54, 1.807) is 9.58 Å². The van der Waals surface area contributed by atoms with Gasteiger partial charge in [0.2, 0.25) is 0 Å². The third-order valence-electron chi connectivity index (χ3n) is 4.13. The number of hydrogen-bond donors (Lipinski definition) is 2. The smallest absolute Gasteiger partial charge is 0.317 e. The standard InChI is InChI=1S/C14H22N4O3/c1-9-12(10(2)17(3)16-9)7-15-14(21)18-6-4-5-11(8-18)13(19)20/h11H,4-8H2,1-3H3,(H,15,21)(H,19,20)/t11-/m0/s1. The minimum absolute atomic E-state index is 0.205. The topological polar surface area (TPSA) is 87.5 Å². The second kappa shape index (κ2) is 6.15. The number of aryl methyl sites for hydroxylation is 2. The molecule has 1 aromatic heterocycles. The number of carbonyl (C=O) groups is 2. The molecule has 7 heteroatoms. The van der Waals surface area contributed by atoms with E-state index < -0.39 is 11.9 Å². The Balaban J connectivity index is 1.94. The van der Waals surface area contributed by atoms with E-state index in [1.165, 1.54) is 0 Å². The Labute approximate surface area is 123 Å². The van der Waals surface area contributed by atoms with Gasteiger partial charge in [-0.1, -0.05) is 0 Å². The van der Waals surface area contributed by atoms with E-state index in [0.29, 0.717) is 19.5 Å². The van der Waals surface area contributed by atoms with Crippen molar-refractivity contribution in [1.82, 2.24) is 20.0 Å². The van der Waals surface area contributed by atoms with Crippen LogP contribution in [0.15, 0.2) is 0 Å². The number of nitrogens with zero attached hydrogens (tertiary/aromatic N) is 3. The van der Waals surface area contributed by atoms with Crippen LogP contribution in [0.25, 0.3) is 0 Å². The molecule has 1 atom stereocenters. The van der Waals surface area contributed by atoms with Gasteiger partial charge in [0.05, 0.1) is 11.6 Å². The van der Waals surface area contributed by atoms with Crippen LogP contribution in [-0.4, -0.2) is 44.9 Å². The number of carboxylic acids is 1. The Hall–Kier alpha value is -2.05. The van der Waals surface area contributed by atoms with Crippen LogP contribution in [0.1, 0.15) is 29.8 Å². The van der Waals surface area contributed by atoms with E-state index in [9.17, 15) is 9.59 Å². The van der Waals surface area contributed by atoms with E-state index >= 15 is 0 Å². The first-order chi connectivity index (χ1) is 9.90. The molecule has 0 spiro atoms. The van der Waals surface area contributed by atoms with E-state index in [2.05, 4.69) is 10.4 Å². The quantitative estimate of drug-likeness (QED) is 0.872. The molecule has 0 saturated carbocycles. The van der Waals surface area contributed by atoms with Crippen LogP contribution in [0, 0.1) is 19.8 Å². The third kappa shape index (κ3) is 3.34. The number of piperidine rings is 1. The number of amides is 2. The van der Waals surface area contributed by atoms with Crippen molar-refractivity contribution in [2.75, 3.05) is 13.1 Å². The lowest BCUT2D eigenvalue weighted by atomic mass is 9.99. The summed E-state index contributed by atoms with van der Waals surface area (Å²) in [5, 5.41) is 16.2. The maximum atomic E-state index is 12.2. The number of carbonyl (C=O) groups excluding carboxylic acids is 1. The highest BCUT2D eigenvalue weighted by atomic mass is 16.4. The molecule has 116 valence electrons. The lowest BCUT2D eigenvalue weighted by Crippen LogP contribution is -2.46. The molecule has 1 aromatic rings. The lowest BCUT2D eigenvalue weighted by Gasteiger charge is -2.30. The van der Waals surface area contributed by atoms with Crippen LogP contribution in [0.4, 0.5) is 4.79 Å². The minimum atomic E-state index is -0.827. The summed E-state index contributed by atoms with van der Waals surface area (Å²) in [5.74, 6) is -1.28. The average Bonchev–Trinajstić information content (AvgIpc) is 2.70. The number of likely N-dealkylation sites (tertiary alicyclic amines) is 1. The number of nitrogens with one attached hydrogen (secondary N) is 1. The van der Waals surface area contributed by atoms with Crippen LogP contribution in [0.3, 0.4) is 0 Å². The zero-order chi connectivity index (χ0) is 15.6. The molecule has 2 amide bonds. The zero-order valence-corrected chi connectivity index (χ0v) is 12.7. The van der Waals surface area contributed by atoms with Crippen LogP contribution in [-0.2, 0) is 18.4 Å².